The summed E-state index contributed by atoms with van der Waals surface area (Å²) in [7, 11) is 0. The number of rotatable bonds is 6. The molecule has 3 rings (SSSR count). The van der Waals surface area contributed by atoms with Crippen LogP contribution in [-0.2, 0) is 14.3 Å². The number of amides is 2. The van der Waals surface area contributed by atoms with Gasteiger partial charge in [0.2, 0.25) is 5.91 Å². The molecule has 2 aromatic rings. The molecule has 1 aliphatic rings. The Morgan fingerprint density at radius 1 is 1.07 bits per heavy atom. The van der Waals surface area contributed by atoms with E-state index < -0.39 is 18.0 Å². The maximum atomic E-state index is 12.3. The minimum atomic E-state index is -1.02. The molecule has 0 spiro atoms. The molecule has 1 atom stereocenters. The van der Waals surface area contributed by atoms with Crippen molar-refractivity contribution in [1.82, 2.24) is 0 Å². The molecule has 29 heavy (non-hydrogen) atoms. The first-order valence-electron chi connectivity index (χ1n) is 9.38. The zero-order chi connectivity index (χ0) is 21.0. The summed E-state index contributed by atoms with van der Waals surface area (Å²) in [5, 5.41) is 2.63. The van der Waals surface area contributed by atoms with Gasteiger partial charge in [-0.05, 0) is 56.7 Å². The first-order chi connectivity index (χ1) is 13.8. The second-order valence-electron chi connectivity index (χ2n) is 6.87. The first-order valence-corrected chi connectivity index (χ1v) is 9.38. The molecular weight excluding hydrogens is 372 g/mol. The third-order valence-corrected chi connectivity index (χ3v) is 4.68. The van der Waals surface area contributed by atoms with Crippen molar-refractivity contribution in [3.8, 4) is 0 Å². The molecule has 0 saturated carbocycles. The van der Waals surface area contributed by atoms with E-state index in [4.69, 9.17) is 4.74 Å². The third kappa shape index (κ3) is 4.87. The number of carbonyl (C=O) groups is 4. The summed E-state index contributed by atoms with van der Waals surface area (Å²) in [4.78, 5) is 49.5. The Labute approximate surface area is 168 Å². The van der Waals surface area contributed by atoms with Gasteiger partial charge in [-0.1, -0.05) is 12.1 Å². The van der Waals surface area contributed by atoms with Gasteiger partial charge >= 0.3 is 5.97 Å². The smallest absolute Gasteiger partial charge is 0.338 e. The highest BCUT2D eigenvalue weighted by Crippen LogP contribution is 2.22. The molecule has 1 fully saturated rings. The fraction of sp³-hybridized carbons (Fsp3) is 0.273. The predicted octanol–water partition coefficient (Wildman–Crippen LogP) is 3.20. The molecule has 1 heterocycles. The van der Waals surface area contributed by atoms with Crippen LogP contribution in [0.15, 0.2) is 48.5 Å². The van der Waals surface area contributed by atoms with Crippen molar-refractivity contribution in [2.45, 2.75) is 32.8 Å². The number of ether oxygens (including phenoxy) is 1. The molecule has 0 aliphatic carbocycles. The molecule has 0 aromatic heterocycles. The Kier molecular flexibility index (Phi) is 6.07. The zero-order valence-electron chi connectivity index (χ0n) is 16.3. The number of nitrogens with one attached hydrogen (secondary N) is 1. The molecule has 2 aromatic carbocycles. The quantitative estimate of drug-likeness (QED) is 0.600. The lowest BCUT2D eigenvalue weighted by Gasteiger charge is -2.16. The Morgan fingerprint density at radius 2 is 1.79 bits per heavy atom. The van der Waals surface area contributed by atoms with E-state index >= 15 is 0 Å². The normalized spacial score (nSPS) is 14.4. The number of ketones is 1. The molecule has 1 N–H and O–H groups in total. The lowest BCUT2D eigenvalue weighted by Crippen LogP contribution is -2.30. The Balaban J connectivity index is 1.59. The highest BCUT2D eigenvalue weighted by molar-refractivity contribution is 6.00. The molecule has 2 amide bonds. The summed E-state index contributed by atoms with van der Waals surface area (Å²) in [6.07, 6.45) is 0.333. The highest BCUT2D eigenvalue weighted by atomic mass is 16.5. The van der Waals surface area contributed by atoms with Gasteiger partial charge in [0.05, 0.1) is 5.56 Å². The fourth-order valence-corrected chi connectivity index (χ4v) is 3.04. The van der Waals surface area contributed by atoms with E-state index in [1.165, 1.54) is 13.8 Å². The van der Waals surface area contributed by atoms with Crippen LogP contribution in [0.1, 0.15) is 47.4 Å². The van der Waals surface area contributed by atoms with E-state index in [-0.39, 0.29) is 11.7 Å². The maximum absolute atomic E-state index is 12.3. The van der Waals surface area contributed by atoms with Gasteiger partial charge in [0.15, 0.2) is 11.9 Å². The van der Waals surface area contributed by atoms with Gasteiger partial charge in [0.25, 0.3) is 5.91 Å². The van der Waals surface area contributed by atoms with Crippen molar-refractivity contribution in [3.63, 3.8) is 0 Å². The van der Waals surface area contributed by atoms with Crippen molar-refractivity contribution in [2.24, 2.45) is 0 Å². The van der Waals surface area contributed by atoms with Crippen molar-refractivity contribution in [2.75, 3.05) is 16.8 Å². The van der Waals surface area contributed by atoms with E-state index in [1.807, 2.05) is 0 Å². The highest BCUT2D eigenvalue weighted by Gasteiger charge is 2.23. The van der Waals surface area contributed by atoms with Crippen molar-refractivity contribution < 1.29 is 23.9 Å². The minimum absolute atomic E-state index is 0.0689. The predicted molar refractivity (Wildman–Crippen MR) is 108 cm³/mol. The topological polar surface area (TPSA) is 92.8 Å². The Morgan fingerprint density at radius 3 is 2.41 bits per heavy atom. The van der Waals surface area contributed by atoms with E-state index in [0.717, 1.165) is 12.1 Å². The van der Waals surface area contributed by atoms with Gasteiger partial charge in [0, 0.05) is 29.9 Å². The molecule has 7 nitrogen and oxygen atoms in total. The number of hydrogen-bond acceptors (Lipinski definition) is 5. The number of Topliss-reactive ketones (excluding diaryl/α,β-unsaturated/α-hetero) is 1. The number of benzene rings is 2. The molecule has 1 unspecified atom stereocenters. The van der Waals surface area contributed by atoms with Crippen LogP contribution in [0, 0.1) is 0 Å². The molecular formula is C22H22N2O5. The zero-order valence-corrected chi connectivity index (χ0v) is 16.3. The summed E-state index contributed by atoms with van der Waals surface area (Å²) in [6, 6.07) is 13.1. The average molecular weight is 394 g/mol. The van der Waals surface area contributed by atoms with Gasteiger partial charge in [-0.2, -0.15) is 0 Å². The van der Waals surface area contributed by atoms with E-state index in [9.17, 15) is 19.2 Å². The molecule has 0 bridgehead atoms. The summed E-state index contributed by atoms with van der Waals surface area (Å²) in [6.45, 7) is 3.58. The molecule has 1 aliphatic heterocycles. The van der Waals surface area contributed by atoms with Gasteiger partial charge in [-0.25, -0.2) is 4.79 Å². The summed E-state index contributed by atoms with van der Waals surface area (Å²) in [5.74, 6) is -1.18. The SMILES string of the molecule is CC(=O)c1cccc(NC(=O)C(C)OC(=O)c2ccc(N3CCCC3=O)cc2)c1. The summed E-state index contributed by atoms with van der Waals surface area (Å²) >= 11 is 0. The van der Waals surface area contributed by atoms with Crippen LogP contribution in [0.25, 0.3) is 0 Å². The van der Waals surface area contributed by atoms with Gasteiger partial charge in [-0.15, -0.1) is 0 Å². The standard InChI is InChI=1S/C22H22N2O5/c1-14(25)17-5-3-6-18(13-17)23-21(27)15(2)29-22(28)16-8-10-19(11-9-16)24-12-4-7-20(24)26/h3,5-6,8-11,13,15H,4,7,12H2,1-2H3,(H,23,27). The van der Waals surface area contributed by atoms with Gasteiger partial charge in [0.1, 0.15) is 0 Å². The monoisotopic (exact) mass is 394 g/mol. The largest absolute Gasteiger partial charge is 0.449 e. The number of anilines is 2. The Hall–Kier alpha value is -3.48. The van der Waals surface area contributed by atoms with Gasteiger partial charge < -0.3 is 15.0 Å². The fourth-order valence-electron chi connectivity index (χ4n) is 3.04. The summed E-state index contributed by atoms with van der Waals surface area (Å²) < 4.78 is 5.24. The second-order valence-corrected chi connectivity index (χ2v) is 6.87. The van der Waals surface area contributed by atoms with Crippen LogP contribution in [0.5, 0.6) is 0 Å². The third-order valence-electron chi connectivity index (χ3n) is 4.68. The number of hydrogen-bond donors (Lipinski definition) is 1. The average Bonchev–Trinajstić information content (AvgIpc) is 3.14. The Bertz CT molecular complexity index is 952. The van der Waals surface area contributed by atoms with E-state index in [1.54, 1.807) is 53.4 Å². The number of nitrogens with zero attached hydrogens (tertiary/aromatic N) is 1. The van der Waals surface area contributed by atoms with Crippen LogP contribution in [0.2, 0.25) is 0 Å². The lowest BCUT2D eigenvalue weighted by atomic mass is 10.1. The van der Waals surface area contributed by atoms with Crippen molar-refractivity contribution in [3.05, 3.63) is 59.7 Å². The van der Waals surface area contributed by atoms with Crippen molar-refractivity contribution >= 4 is 34.9 Å². The molecule has 1 saturated heterocycles. The number of carbonyl (C=O) groups excluding carboxylic acids is 4. The van der Waals surface area contributed by atoms with Crippen LogP contribution in [0.3, 0.4) is 0 Å². The van der Waals surface area contributed by atoms with Gasteiger partial charge in [-0.3, -0.25) is 14.4 Å². The lowest BCUT2D eigenvalue weighted by molar-refractivity contribution is -0.123. The molecule has 0 radical (unpaired) electrons. The van der Waals surface area contributed by atoms with E-state index in [0.29, 0.717) is 29.8 Å². The van der Waals surface area contributed by atoms with Crippen LogP contribution >= 0.6 is 0 Å². The van der Waals surface area contributed by atoms with Crippen molar-refractivity contribution in [1.29, 1.82) is 0 Å². The number of esters is 1. The van der Waals surface area contributed by atoms with Crippen LogP contribution < -0.4 is 10.2 Å². The van der Waals surface area contributed by atoms with E-state index in [2.05, 4.69) is 5.32 Å². The second kappa shape index (κ2) is 8.68. The maximum Gasteiger partial charge on any atom is 0.338 e. The van der Waals surface area contributed by atoms with Crippen LogP contribution in [0.4, 0.5) is 11.4 Å². The first kappa shape index (κ1) is 20.3. The van der Waals surface area contributed by atoms with Crippen LogP contribution in [-0.4, -0.2) is 36.2 Å². The molecule has 150 valence electrons. The summed E-state index contributed by atoms with van der Waals surface area (Å²) in [5.41, 5.74) is 1.95. The minimum Gasteiger partial charge on any atom is -0.449 e. The molecule has 7 heteroatoms.